The second-order valence-corrected chi connectivity index (χ2v) is 9.49. The van der Waals surface area contributed by atoms with Crippen molar-refractivity contribution < 1.29 is 4.79 Å². The summed E-state index contributed by atoms with van der Waals surface area (Å²) in [7, 11) is 0. The van der Waals surface area contributed by atoms with E-state index in [2.05, 4.69) is 49.0 Å². The number of fused-ring (bicyclic) bond motifs is 1. The molecule has 5 rings (SSSR count). The number of aryl methyl sites for hydroxylation is 1. The fourth-order valence-corrected chi connectivity index (χ4v) is 4.77. The summed E-state index contributed by atoms with van der Waals surface area (Å²) >= 11 is 6.17. The number of hydrogen-bond acceptors (Lipinski definition) is 4. The number of benzene rings is 2. The average Bonchev–Trinajstić information content (AvgIpc) is 3.28. The lowest BCUT2D eigenvalue weighted by atomic mass is 10.0. The van der Waals surface area contributed by atoms with Crippen LogP contribution in [0.1, 0.15) is 35.8 Å². The predicted molar refractivity (Wildman–Crippen MR) is 138 cm³/mol. The highest BCUT2D eigenvalue weighted by Crippen LogP contribution is 2.29. The number of rotatable bonds is 4. The van der Waals surface area contributed by atoms with Gasteiger partial charge in [0.15, 0.2) is 5.65 Å². The lowest BCUT2D eigenvalue weighted by Crippen LogP contribution is -2.48. The molecule has 4 aromatic rings. The van der Waals surface area contributed by atoms with E-state index in [4.69, 9.17) is 16.6 Å². The molecule has 0 saturated carbocycles. The number of aromatic nitrogens is 3. The van der Waals surface area contributed by atoms with Gasteiger partial charge in [0.25, 0.3) is 5.91 Å². The second kappa shape index (κ2) is 9.11. The molecule has 0 atom stereocenters. The summed E-state index contributed by atoms with van der Waals surface area (Å²) in [5, 5.41) is 6.09. The minimum atomic E-state index is 0.0243. The molecule has 1 aliphatic heterocycles. The smallest absolute Gasteiger partial charge is 0.254 e. The quantitative estimate of drug-likeness (QED) is 0.387. The predicted octanol–water partition coefficient (Wildman–Crippen LogP) is 5.60. The molecule has 0 radical (unpaired) electrons. The van der Waals surface area contributed by atoms with Gasteiger partial charge < -0.3 is 9.80 Å². The lowest BCUT2D eigenvalue weighted by molar-refractivity contribution is 0.0748. The van der Waals surface area contributed by atoms with Gasteiger partial charge in [0.05, 0.1) is 22.8 Å². The van der Waals surface area contributed by atoms with Gasteiger partial charge in [0, 0.05) is 48.5 Å². The Morgan fingerprint density at radius 1 is 1.00 bits per heavy atom. The topological polar surface area (TPSA) is 54.3 Å². The molecule has 1 saturated heterocycles. The number of carbonyl (C=O) groups is 1. The number of halogens is 1. The first-order valence-corrected chi connectivity index (χ1v) is 12.0. The van der Waals surface area contributed by atoms with Gasteiger partial charge in [-0.1, -0.05) is 41.9 Å². The Kier molecular flexibility index (Phi) is 6.00. The monoisotopic (exact) mass is 473 g/mol. The van der Waals surface area contributed by atoms with E-state index in [0.717, 1.165) is 51.7 Å². The van der Waals surface area contributed by atoms with Crippen molar-refractivity contribution in [3.63, 3.8) is 0 Å². The van der Waals surface area contributed by atoms with Gasteiger partial charge in [-0.3, -0.25) is 4.79 Å². The van der Waals surface area contributed by atoms with Crippen LogP contribution in [0.2, 0.25) is 5.02 Å². The van der Waals surface area contributed by atoms with Gasteiger partial charge in [-0.05, 0) is 50.6 Å². The van der Waals surface area contributed by atoms with Crippen molar-refractivity contribution in [2.75, 3.05) is 31.1 Å². The summed E-state index contributed by atoms with van der Waals surface area (Å²) in [6, 6.07) is 18.1. The zero-order chi connectivity index (χ0) is 23.8. The summed E-state index contributed by atoms with van der Waals surface area (Å²) in [6.07, 6.45) is 1.78. The molecular weight excluding hydrogens is 446 g/mol. The normalized spacial score (nSPS) is 14.3. The van der Waals surface area contributed by atoms with Crippen LogP contribution in [0, 0.1) is 6.92 Å². The van der Waals surface area contributed by atoms with Gasteiger partial charge in [-0.15, -0.1) is 0 Å². The molecule has 2 aromatic heterocycles. The van der Waals surface area contributed by atoms with Crippen molar-refractivity contribution >= 4 is 34.2 Å². The summed E-state index contributed by atoms with van der Waals surface area (Å²) < 4.78 is 1.89. The molecule has 7 heteroatoms. The first-order chi connectivity index (χ1) is 16.4. The van der Waals surface area contributed by atoms with Gasteiger partial charge in [-0.2, -0.15) is 5.10 Å². The van der Waals surface area contributed by atoms with E-state index >= 15 is 0 Å². The van der Waals surface area contributed by atoms with E-state index in [-0.39, 0.29) is 11.9 Å². The van der Waals surface area contributed by atoms with Crippen LogP contribution in [0.25, 0.3) is 22.3 Å². The largest absolute Gasteiger partial charge is 0.368 e. The maximum absolute atomic E-state index is 13.8. The average molecular weight is 474 g/mol. The Morgan fingerprint density at radius 3 is 2.47 bits per heavy atom. The van der Waals surface area contributed by atoms with E-state index in [0.29, 0.717) is 18.7 Å². The summed E-state index contributed by atoms with van der Waals surface area (Å²) in [6.45, 7) is 9.03. The van der Waals surface area contributed by atoms with Gasteiger partial charge >= 0.3 is 0 Å². The molecule has 1 fully saturated rings. The summed E-state index contributed by atoms with van der Waals surface area (Å²) in [5.74, 6) is 0.0243. The Morgan fingerprint density at radius 2 is 1.76 bits per heavy atom. The number of carbonyl (C=O) groups excluding carboxylic acids is 1. The maximum Gasteiger partial charge on any atom is 0.254 e. The van der Waals surface area contributed by atoms with Gasteiger partial charge in [0.1, 0.15) is 0 Å². The van der Waals surface area contributed by atoms with E-state index in [1.807, 2.05) is 46.0 Å². The Labute approximate surface area is 204 Å². The molecule has 3 heterocycles. The van der Waals surface area contributed by atoms with Crippen LogP contribution in [0.4, 0.5) is 5.69 Å². The highest BCUT2D eigenvalue weighted by Gasteiger charge is 2.26. The number of pyridine rings is 1. The van der Waals surface area contributed by atoms with Crippen molar-refractivity contribution in [1.29, 1.82) is 0 Å². The first kappa shape index (κ1) is 22.4. The van der Waals surface area contributed by atoms with Crippen LogP contribution < -0.4 is 4.90 Å². The molecule has 174 valence electrons. The molecule has 6 nitrogen and oxygen atoms in total. The minimum Gasteiger partial charge on any atom is -0.368 e. The number of hydrogen-bond donors (Lipinski definition) is 0. The third kappa shape index (κ3) is 4.14. The summed E-state index contributed by atoms with van der Waals surface area (Å²) in [4.78, 5) is 22.9. The highest BCUT2D eigenvalue weighted by atomic mass is 35.5. The number of amides is 1. The van der Waals surface area contributed by atoms with E-state index in [1.54, 1.807) is 6.20 Å². The van der Waals surface area contributed by atoms with Crippen LogP contribution in [0.3, 0.4) is 0 Å². The molecule has 0 bridgehead atoms. The maximum atomic E-state index is 13.8. The Bertz CT molecular complexity index is 1350. The third-order valence-corrected chi connectivity index (χ3v) is 6.68. The molecule has 1 amide bonds. The van der Waals surface area contributed by atoms with Gasteiger partial charge in [-0.25, -0.2) is 9.67 Å². The zero-order valence-corrected chi connectivity index (χ0v) is 20.5. The van der Waals surface area contributed by atoms with Crippen molar-refractivity contribution in [2.24, 2.45) is 0 Å². The van der Waals surface area contributed by atoms with Crippen molar-refractivity contribution in [1.82, 2.24) is 19.7 Å². The standard InChI is InChI=1S/C27H28ClN5O/c1-18(2)33-26-24(17-29-33)23(16-25(30-26)22-10-5-4-7-19(22)3)27(34)32-13-11-31(12-14-32)21-9-6-8-20(28)15-21/h4-10,15-18H,11-14H2,1-3H3. The molecular formula is C27H28ClN5O. The van der Waals surface area contributed by atoms with Crippen LogP contribution in [-0.2, 0) is 0 Å². The van der Waals surface area contributed by atoms with Crippen LogP contribution in [-0.4, -0.2) is 51.8 Å². The molecule has 0 unspecified atom stereocenters. The molecule has 1 aliphatic rings. The highest BCUT2D eigenvalue weighted by molar-refractivity contribution is 6.30. The van der Waals surface area contributed by atoms with E-state index in [9.17, 15) is 4.79 Å². The van der Waals surface area contributed by atoms with Crippen molar-refractivity contribution in [3.05, 3.63) is 76.9 Å². The molecule has 0 N–H and O–H groups in total. The Balaban J connectivity index is 1.49. The van der Waals surface area contributed by atoms with E-state index < -0.39 is 0 Å². The SMILES string of the molecule is Cc1ccccc1-c1cc(C(=O)N2CCN(c3cccc(Cl)c3)CC2)c2cnn(C(C)C)c2n1. The minimum absolute atomic E-state index is 0.0243. The lowest BCUT2D eigenvalue weighted by Gasteiger charge is -2.36. The number of nitrogens with zero attached hydrogens (tertiary/aromatic N) is 5. The first-order valence-electron chi connectivity index (χ1n) is 11.7. The van der Waals surface area contributed by atoms with Crippen LogP contribution in [0.15, 0.2) is 60.8 Å². The summed E-state index contributed by atoms with van der Waals surface area (Å²) in [5.41, 5.74) is 5.45. The third-order valence-electron chi connectivity index (χ3n) is 6.45. The second-order valence-electron chi connectivity index (χ2n) is 9.05. The molecule has 0 aliphatic carbocycles. The number of piperazine rings is 1. The molecule has 34 heavy (non-hydrogen) atoms. The fourth-order valence-electron chi connectivity index (χ4n) is 4.58. The zero-order valence-electron chi connectivity index (χ0n) is 19.7. The Hall–Kier alpha value is -3.38. The van der Waals surface area contributed by atoms with E-state index in [1.165, 1.54) is 0 Å². The van der Waals surface area contributed by atoms with Crippen molar-refractivity contribution in [3.8, 4) is 11.3 Å². The van der Waals surface area contributed by atoms with Crippen LogP contribution >= 0.6 is 11.6 Å². The van der Waals surface area contributed by atoms with Crippen molar-refractivity contribution in [2.45, 2.75) is 26.8 Å². The fraction of sp³-hybridized carbons (Fsp3) is 0.296. The van der Waals surface area contributed by atoms with Gasteiger partial charge in [0.2, 0.25) is 0 Å². The molecule has 0 spiro atoms. The number of anilines is 1. The molecule has 2 aromatic carbocycles. The van der Waals surface area contributed by atoms with Crippen LogP contribution in [0.5, 0.6) is 0 Å².